The Balaban J connectivity index is 1.44. The van der Waals surface area contributed by atoms with Crippen LogP contribution in [0.1, 0.15) is 53.2 Å². The van der Waals surface area contributed by atoms with E-state index >= 15 is 0 Å². The van der Waals surface area contributed by atoms with Gasteiger partial charge in [0.25, 0.3) is 5.91 Å². The first-order chi connectivity index (χ1) is 16.2. The van der Waals surface area contributed by atoms with Gasteiger partial charge in [-0.05, 0) is 55.9 Å². The number of fused-ring (bicyclic) bond motifs is 2. The standard InChI is InChI=1S/C23H26N6O5/c24-20-19-12(1-3-15(19)27-23(25)28-20)7-9-29-10-8-13-11-14(2-5-17(13)29)21(32)26-16(22(33)34)4-6-18(30)31/h2,5,8,10-12,16H,1,3-4,6-7,9H2,(H,26,32)(H,30,31)(H,33,34)(H4,24,25,27,28)/t12?,16-/m0/s1. The maximum Gasteiger partial charge on any atom is 0.326 e. The quantitative estimate of drug-likeness (QED) is 0.313. The zero-order valence-electron chi connectivity index (χ0n) is 18.4. The second kappa shape index (κ2) is 9.38. The molecule has 1 aliphatic rings. The molecule has 3 aromatic rings. The number of nitrogens with one attached hydrogen (secondary N) is 1. The number of nitrogen functional groups attached to an aromatic ring is 2. The lowest BCUT2D eigenvalue weighted by molar-refractivity contribution is -0.140. The van der Waals surface area contributed by atoms with E-state index in [1.165, 1.54) is 0 Å². The van der Waals surface area contributed by atoms with E-state index in [1.54, 1.807) is 12.1 Å². The van der Waals surface area contributed by atoms with E-state index in [0.717, 1.165) is 48.0 Å². The Morgan fingerprint density at radius 3 is 2.71 bits per heavy atom. The van der Waals surface area contributed by atoms with Crippen molar-refractivity contribution in [3.63, 3.8) is 0 Å². The summed E-state index contributed by atoms with van der Waals surface area (Å²) in [6.45, 7) is 0.735. The monoisotopic (exact) mass is 466 g/mol. The molecule has 1 amide bonds. The number of carbonyl (C=O) groups excluding carboxylic acids is 1. The molecule has 0 spiro atoms. The molecule has 11 nitrogen and oxygen atoms in total. The number of nitrogens with zero attached hydrogens (tertiary/aromatic N) is 3. The number of nitrogens with two attached hydrogens (primary N) is 2. The molecule has 2 aromatic heterocycles. The molecule has 0 aliphatic heterocycles. The fourth-order valence-corrected chi connectivity index (χ4v) is 4.53. The van der Waals surface area contributed by atoms with Crippen LogP contribution in [-0.2, 0) is 22.6 Å². The molecule has 1 unspecified atom stereocenters. The average molecular weight is 466 g/mol. The number of carboxylic acids is 2. The number of hydrogen-bond donors (Lipinski definition) is 5. The van der Waals surface area contributed by atoms with Crippen LogP contribution < -0.4 is 16.8 Å². The van der Waals surface area contributed by atoms with Gasteiger partial charge in [0.15, 0.2) is 0 Å². The third-order valence-electron chi connectivity index (χ3n) is 6.21. The molecule has 4 rings (SSSR count). The molecule has 0 saturated heterocycles. The number of amides is 1. The number of anilines is 2. The van der Waals surface area contributed by atoms with Crippen molar-refractivity contribution in [2.24, 2.45) is 0 Å². The van der Waals surface area contributed by atoms with Crippen LogP contribution in [0.4, 0.5) is 11.8 Å². The van der Waals surface area contributed by atoms with Crippen LogP contribution in [0.3, 0.4) is 0 Å². The molecule has 11 heteroatoms. The molecule has 178 valence electrons. The van der Waals surface area contributed by atoms with Crippen molar-refractivity contribution in [2.45, 2.75) is 50.6 Å². The number of aryl methyl sites for hydroxylation is 2. The number of hydrogen-bond acceptors (Lipinski definition) is 7. The first-order valence-corrected chi connectivity index (χ1v) is 11.0. The fraction of sp³-hybridized carbons (Fsp3) is 0.348. The van der Waals surface area contributed by atoms with Crippen molar-refractivity contribution in [3.05, 3.63) is 47.3 Å². The molecule has 1 aromatic carbocycles. The van der Waals surface area contributed by atoms with Crippen molar-refractivity contribution in [1.82, 2.24) is 19.9 Å². The van der Waals surface area contributed by atoms with E-state index in [2.05, 4.69) is 19.9 Å². The predicted octanol–water partition coefficient (Wildman–Crippen LogP) is 1.76. The molecular weight excluding hydrogens is 440 g/mol. The van der Waals surface area contributed by atoms with Crippen molar-refractivity contribution in [3.8, 4) is 0 Å². The summed E-state index contributed by atoms with van der Waals surface area (Å²) in [6.07, 6.45) is 4.01. The Labute approximate surface area is 194 Å². The minimum Gasteiger partial charge on any atom is -0.481 e. The van der Waals surface area contributed by atoms with Crippen LogP contribution in [0.15, 0.2) is 30.5 Å². The van der Waals surface area contributed by atoms with Gasteiger partial charge < -0.3 is 31.6 Å². The Kier molecular flexibility index (Phi) is 6.35. The SMILES string of the molecule is Nc1nc(N)c2c(n1)CCC2CCn1ccc2cc(C(=O)N[C@@H](CCC(=O)O)C(=O)O)ccc21. The highest BCUT2D eigenvalue weighted by molar-refractivity contribution is 5.99. The highest BCUT2D eigenvalue weighted by Gasteiger charge is 2.27. The minimum atomic E-state index is -1.27. The first-order valence-electron chi connectivity index (χ1n) is 11.0. The van der Waals surface area contributed by atoms with Crippen LogP contribution >= 0.6 is 0 Å². The summed E-state index contributed by atoms with van der Waals surface area (Å²) in [5.41, 5.74) is 15.0. The van der Waals surface area contributed by atoms with E-state index in [-0.39, 0.29) is 24.7 Å². The van der Waals surface area contributed by atoms with Gasteiger partial charge in [-0.2, -0.15) is 4.98 Å². The lowest BCUT2D eigenvalue weighted by atomic mass is 9.99. The summed E-state index contributed by atoms with van der Waals surface area (Å²) in [4.78, 5) is 43.1. The maximum absolute atomic E-state index is 12.6. The number of aromatic nitrogens is 3. The second-order valence-corrected chi connectivity index (χ2v) is 8.43. The molecule has 34 heavy (non-hydrogen) atoms. The van der Waals surface area contributed by atoms with E-state index in [1.807, 2.05) is 18.3 Å². The Morgan fingerprint density at radius 2 is 1.97 bits per heavy atom. The van der Waals surface area contributed by atoms with Crippen LogP contribution in [0, 0.1) is 0 Å². The summed E-state index contributed by atoms with van der Waals surface area (Å²) in [6, 6.07) is 5.76. The predicted molar refractivity (Wildman–Crippen MR) is 124 cm³/mol. The van der Waals surface area contributed by atoms with Gasteiger partial charge in [0.05, 0.1) is 5.69 Å². The van der Waals surface area contributed by atoms with Crippen LogP contribution in [0.25, 0.3) is 10.9 Å². The lowest BCUT2D eigenvalue weighted by Gasteiger charge is -2.15. The van der Waals surface area contributed by atoms with E-state index in [0.29, 0.717) is 11.4 Å². The van der Waals surface area contributed by atoms with Gasteiger partial charge in [-0.15, -0.1) is 0 Å². The Bertz CT molecular complexity index is 1270. The van der Waals surface area contributed by atoms with E-state index in [4.69, 9.17) is 16.6 Å². The zero-order chi connectivity index (χ0) is 24.4. The first kappa shape index (κ1) is 23.0. The third-order valence-corrected chi connectivity index (χ3v) is 6.21. The van der Waals surface area contributed by atoms with Gasteiger partial charge in [-0.25, -0.2) is 9.78 Å². The molecule has 1 aliphatic carbocycles. The van der Waals surface area contributed by atoms with Crippen molar-refractivity contribution in [1.29, 1.82) is 0 Å². The summed E-state index contributed by atoms with van der Waals surface area (Å²) in [5, 5.41) is 21.3. The Hall–Kier alpha value is -4.15. The van der Waals surface area contributed by atoms with Gasteiger partial charge in [-0.1, -0.05) is 0 Å². The molecule has 7 N–H and O–H groups in total. The number of aliphatic carboxylic acids is 2. The molecule has 2 heterocycles. The van der Waals surface area contributed by atoms with Crippen LogP contribution in [0.2, 0.25) is 0 Å². The summed E-state index contributed by atoms with van der Waals surface area (Å²) in [5.74, 6) is -2.07. The highest BCUT2D eigenvalue weighted by atomic mass is 16.4. The largest absolute Gasteiger partial charge is 0.481 e. The summed E-state index contributed by atoms with van der Waals surface area (Å²) < 4.78 is 2.09. The smallest absolute Gasteiger partial charge is 0.326 e. The summed E-state index contributed by atoms with van der Waals surface area (Å²) >= 11 is 0. The van der Waals surface area contributed by atoms with E-state index in [9.17, 15) is 19.5 Å². The summed E-state index contributed by atoms with van der Waals surface area (Å²) in [7, 11) is 0. The number of benzene rings is 1. The van der Waals surface area contributed by atoms with Crippen molar-refractivity contribution >= 4 is 40.5 Å². The normalized spacial score (nSPS) is 15.7. The molecule has 0 radical (unpaired) electrons. The fourth-order valence-electron chi connectivity index (χ4n) is 4.53. The number of carbonyl (C=O) groups is 3. The second-order valence-electron chi connectivity index (χ2n) is 8.43. The Morgan fingerprint density at radius 1 is 1.18 bits per heavy atom. The third kappa shape index (κ3) is 4.77. The molecule has 0 fully saturated rings. The van der Waals surface area contributed by atoms with Gasteiger partial charge in [-0.3, -0.25) is 9.59 Å². The maximum atomic E-state index is 12.6. The van der Waals surface area contributed by atoms with Crippen LogP contribution in [0.5, 0.6) is 0 Å². The van der Waals surface area contributed by atoms with E-state index < -0.39 is 23.9 Å². The number of rotatable bonds is 9. The van der Waals surface area contributed by atoms with Crippen molar-refractivity contribution in [2.75, 3.05) is 11.5 Å². The van der Waals surface area contributed by atoms with Crippen LogP contribution in [-0.4, -0.2) is 48.6 Å². The number of carboxylic acid groups (broad SMARTS) is 2. The van der Waals surface area contributed by atoms with Gasteiger partial charge in [0, 0.05) is 41.2 Å². The van der Waals surface area contributed by atoms with Gasteiger partial charge >= 0.3 is 11.9 Å². The zero-order valence-corrected chi connectivity index (χ0v) is 18.4. The highest BCUT2D eigenvalue weighted by Crippen LogP contribution is 2.38. The van der Waals surface area contributed by atoms with Gasteiger partial charge in [0.2, 0.25) is 5.95 Å². The molecule has 0 saturated carbocycles. The molecule has 2 atom stereocenters. The topological polar surface area (TPSA) is 186 Å². The minimum absolute atomic E-state index is 0.193. The lowest BCUT2D eigenvalue weighted by Crippen LogP contribution is -2.41. The van der Waals surface area contributed by atoms with Crippen molar-refractivity contribution < 1.29 is 24.6 Å². The van der Waals surface area contributed by atoms with Gasteiger partial charge in [0.1, 0.15) is 11.9 Å². The molecule has 0 bridgehead atoms. The average Bonchev–Trinajstić information content (AvgIpc) is 3.38. The molecular formula is C23H26N6O5.